The maximum atomic E-state index is 14.6. The third kappa shape index (κ3) is 10.9. The molecule has 1 aromatic heterocycles. The summed E-state index contributed by atoms with van der Waals surface area (Å²) in [4.78, 5) is 80.3. The number of nitrogens with two attached hydrogens (primary N) is 2. The topological polar surface area (TPSA) is 288 Å². The summed E-state index contributed by atoms with van der Waals surface area (Å²) in [5.41, 5.74) is 15.0. The van der Waals surface area contributed by atoms with E-state index in [9.17, 15) is 34.2 Å². The minimum atomic E-state index is -1.51. The van der Waals surface area contributed by atoms with Crippen LogP contribution in [0.1, 0.15) is 78.6 Å². The Kier molecular flexibility index (Phi) is 15.3. The van der Waals surface area contributed by atoms with Crippen LogP contribution in [-0.2, 0) is 31.0 Å². The number of rotatable bonds is 12. The number of fused-ring (bicyclic) bond motifs is 5. The number of hydrogen-bond donors (Lipinski definition) is 8. The average Bonchev–Trinajstić information content (AvgIpc) is 3.24. The van der Waals surface area contributed by atoms with Crippen LogP contribution >= 0.6 is 0 Å². The summed E-state index contributed by atoms with van der Waals surface area (Å²) in [5.74, 6) is -4.04. The number of phenols is 2. The highest BCUT2D eigenvalue weighted by Crippen LogP contribution is 2.43. The zero-order valence-electron chi connectivity index (χ0n) is 37.0. The summed E-state index contributed by atoms with van der Waals surface area (Å²) in [6.07, 6.45) is -0.202. The highest BCUT2D eigenvalue weighted by Gasteiger charge is 2.36. The highest BCUT2D eigenvalue weighted by atomic mass is 16.5. The zero-order chi connectivity index (χ0) is 47.0. The molecule has 1 unspecified atom stereocenters. The van der Waals surface area contributed by atoms with Crippen LogP contribution in [-0.4, -0.2) is 106 Å². The van der Waals surface area contributed by atoms with E-state index < -0.39 is 59.5 Å². The predicted octanol–water partition coefficient (Wildman–Crippen LogP) is 2.31. The molecule has 64 heavy (non-hydrogen) atoms. The van der Waals surface area contributed by atoms with E-state index in [-0.39, 0.29) is 78.3 Å². The van der Waals surface area contributed by atoms with Gasteiger partial charge in [0.1, 0.15) is 43.1 Å². The predicted molar refractivity (Wildman–Crippen MR) is 238 cm³/mol. The molecule has 4 bridgehead atoms. The Labute approximate surface area is 371 Å². The number of carbonyl (C=O) groups excluding carboxylic acids is 5. The van der Waals surface area contributed by atoms with Gasteiger partial charge in [0.2, 0.25) is 23.6 Å². The van der Waals surface area contributed by atoms with Gasteiger partial charge in [-0.1, -0.05) is 51.1 Å². The molecule has 10 N–H and O–H groups in total. The van der Waals surface area contributed by atoms with Gasteiger partial charge in [-0.25, -0.2) is 9.97 Å². The van der Waals surface area contributed by atoms with Crippen LogP contribution in [0, 0.1) is 25.2 Å². The Morgan fingerprint density at radius 1 is 0.969 bits per heavy atom. The van der Waals surface area contributed by atoms with Crippen molar-refractivity contribution in [1.82, 2.24) is 36.1 Å². The number of likely N-dealkylation sites (N-methyl/N-ethyl adjacent to an activating group) is 1. The lowest BCUT2D eigenvalue weighted by Gasteiger charge is -2.32. The Morgan fingerprint density at radius 3 is 2.25 bits per heavy atom. The Balaban J connectivity index is 1.54. The van der Waals surface area contributed by atoms with Crippen molar-refractivity contribution in [1.29, 1.82) is 5.26 Å². The lowest BCUT2D eigenvalue weighted by atomic mass is 9.86. The van der Waals surface area contributed by atoms with E-state index in [0.29, 0.717) is 22.8 Å². The van der Waals surface area contributed by atoms with Crippen LogP contribution in [0.3, 0.4) is 0 Å². The molecule has 0 saturated heterocycles. The van der Waals surface area contributed by atoms with Crippen LogP contribution in [0.25, 0.3) is 22.5 Å². The van der Waals surface area contributed by atoms with E-state index in [1.165, 1.54) is 44.3 Å². The second kappa shape index (κ2) is 20.4. The smallest absolute Gasteiger partial charge is 0.255 e. The molecule has 5 amide bonds. The van der Waals surface area contributed by atoms with Crippen LogP contribution in [0.5, 0.6) is 17.2 Å². The number of nitriles is 1. The average molecular weight is 877 g/mol. The molecule has 3 aromatic carbocycles. The van der Waals surface area contributed by atoms with E-state index in [0.717, 1.165) is 16.0 Å². The molecule has 5 rings (SSSR count). The second-order valence-corrected chi connectivity index (χ2v) is 16.7. The Hall–Kier alpha value is -7.10. The summed E-state index contributed by atoms with van der Waals surface area (Å²) >= 11 is 0. The summed E-state index contributed by atoms with van der Waals surface area (Å²) < 4.78 is 5.74. The first kappa shape index (κ1) is 47.9. The van der Waals surface area contributed by atoms with Gasteiger partial charge in [0.05, 0.1) is 23.0 Å². The van der Waals surface area contributed by atoms with Crippen molar-refractivity contribution in [2.75, 3.05) is 33.3 Å². The molecule has 338 valence electrons. The SMILES string of the molecule is Cc1nc(-c2ccc(C(C)(C)C)cc2)nc(C)c1C(=O)NC(CCN)C(=O)N(C)[C@@H]1C(=O)N[C@@H](C)C(=O)N[C@H](C(=O)NCC#N)Cc2cc(OCCN)c(O)c(c2)-c2cc1ccc2O. The number of hydrogen-bond acceptors (Lipinski definition) is 13. The number of aryl methyl sites for hydroxylation is 2. The molecule has 0 radical (unpaired) electrons. The standard InChI is InChI=1S/C46H56N10O8/c1-24-37(25(2)52-40(51-24)28-8-11-30(12-9-28)46(4,5)6)43(61)54-33(14-15-47)45(63)56(7)38-29-10-13-35(57)31(23-29)32-20-27(22-36(39(32)58)64-19-17-49)21-34(42(60)50-18-16-48)55-41(59)26(3)53-44(38)62/h8-13,20,22-23,26,33-34,38,57-58H,14-15,17-19,21,47,49H2,1-7H3,(H,50,60)(H,53,62)(H,54,61)(H,55,59)/t26-,33?,34-,38-/m0/s1. The summed E-state index contributed by atoms with van der Waals surface area (Å²) in [5, 5.41) is 42.3. The van der Waals surface area contributed by atoms with Crippen molar-refractivity contribution in [2.24, 2.45) is 11.5 Å². The monoisotopic (exact) mass is 876 g/mol. The van der Waals surface area contributed by atoms with Crippen LogP contribution in [0.15, 0.2) is 54.6 Å². The van der Waals surface area contributed by atoms with E-state index in [1.54, 1.807) is 13.8 Å². The molecule has 0 fully saturated rings. The molecular weight excluding hydrogens is 821 g/mol. The molecule has 0 saturated carbocycles. The number of phenolic OH excluding ortho intramolecular Hbond substituents is 2. The van der Waals surface area contributed by atoms with Gasteiger partial charge in [-0.3, -0.25) is 24.0 Å². The van der Waals surface area contributed by atoms with Crippen LogP contribution < -0.4 is 37.5 Å². The maximum absolute atomic E-state index is 14.6. The third-order valence-electron chi connectivity index (χ3n) is 10.9. The first-order valence-electron chi connectivity index (χ1n) is 20.8. The summed E-state index contributed by atoms with van der Waals surface area (Å²) in [6.45, 7) is 10.8. The fraction of sp³-hybridized carbons (Fsp3) is 0.391. The summed E-state index contributed by atoms with van der Waals surface area (Å²) in [6, 6.07) is 11.4. The molecule has 2 heterocycles. The van der Waals surface area contributed by atoms with Crippen molar-refractivity contribution >= 4 is 29.5 Å². The lowest BCUT2D eigenvalue weighted by molar-refractivity contribution is -0.141. The molecule has 0 spiro atoms. The highest BCUT2D eigenvalue weighted by molar-refractivity contribution is 6.00. The zero-order valence-corrected chi connectivity index (χ0v) is 37.0. The molecule has 4 aromatic rings. The van der Waals surface area contributed by atoms with Crippen molar-refractivity contribution in [2.45, 2.75) is 84.0 Å². The van der Waals surface area contributed by atoms with Crippen molar-refractivity contribution in [3.63, 3.8) is 0 Å². The van der Waals surface area contributed by atoms with E-state index in [1.807, 2.05) is 30.3 Å². The number of nitrogens with zero attached hydrogens (tertiary/aromatic N) is 4. The first-order chi connectivity index (χ1) is 30.3. The van der Waals surface area contributed by atoms with Gasteiger partial charge in [-0.2, -0.15) is 5.26 Å². The number of ether oxygens (including phenoxy) is 1. The van der Waals surface area contributed by atoms with Crippen LogP contribution in [0.4, 0.5) is 0 Å². The number of benzene rings is 3. The van der Waals surface area contributed by atoms with Gasteiger partial charge in [-0.15, -0.1) is 0 Å². The van der Waals surface area contributed by atoms with Crippen molar-refractivity contribution in [3.05, 3.63) is 88.2 Å². The minimum Gasteiger partial charge on any atom is -0.507 e. The molecule has 18 heteroatoms. The minimum absolute atomic E-state index is 0.0117. The number of carbonyl (C=O) groups is 5. The quantitative estimate of drug-likeness (QED) is 0.0950. The number of aromatic nitrogens is 2. The number of aromatic hydroxyl groups is 2. The van der Waals surface area contributed by atoms with Gasteiger partial charge in [0.25, 0.3) is 5.91 Å². The largest absolute Gasteiger partial charge is 0.507 e. The first-order valence-corrected chi connectivity index (χ1v) is 20.8. The van der Waals surface area contributed by atoms with Crippen molar-refractivity contribution in [3.8, 4) is 45.8 Å². The molecule has 4 atom stereocenters. The molecule has 18 nitrogen and oxygen atoms in total. The Bertz CT molecular complexity index is 2440. The van der Waals surface area contributed by atoms with E-state index >= 15 is 0 Å². The van der Waals surface area contributed by atoms with Gasteiger partial charge in [0.15, 0.2) is 17.3 Å². The number of nitrogens with one attached hydrogen (secondary N) is 4. The molecule has 0 aliphatic carbocycles. The van der Waals surface area contributed by atoms with E-state index in [2.05, 4.69) is 52.0 Å². The van der Waals surface area contributed by atoms with Gasteiger partial charge in [-0.05, 0) is 80.1 Å². The van der Waals surface area contributed by atoms with Gasteiger partial charge < -0.3 is 52.6 Å². The molecule has 1 aliphatic heterocycles. The van der Waals surface area contributed by atoms with E-state index in [4.69, 9.17) is 21.5 Å². The summed E-state index contributed by atoms with van der Waals surface area (Å²) in [7, 11) is 1.34. The van der Waals surface area contributed by atoms with Gasteiger partial charge in [0, 0.05) is 36.7 Å². The lowest BCUT2D eigenvalue weighted by Crippen LogP contribution is -2.56. The molecule has 1 aliphatic rings. The molecular formula is C46H56N10O8. The second-order valence-electron chi connectivity index (χ2n) is 16.7. The fourth-order valence-electron chi connectivity index (χ4n) is 7.43. The number of amides is 5. The van der Waals surface area contributed by atoms with Crippen molar-refractivity contribution < 1.29 is 38.9 Å². The fourth-order valence-corrected chi connectivity index (χ4v) is 7.43. The third-order valence-corrected chi connectivity index (χ3v) is 10.9. The van der Waals surface area contributed by atoms with Gasteiger partial charge >= 0.3 is 0 Å². The maximum Gasteiger partial charge on any atom is 0.255 e. The normalized spacial score (nSPS) is 16.8. The Morgan fingerprint density at radius 2 is 1.64 bits per heavy atom. The van der Waals surface area contributed by atoms with Crippen LogP contribution in [0.2, 0.25) is 0 Å².